The monoisotopic (exact) mass is 292 g/mol. The Kier molecular flexibility index (Phi) is 6.25. The molecule has 0 radical (unpaired) electrons. The van der Waals surface area contributed by atoms with Crippen molar-refractivity contribution in [2.75, 3.05) is 7.11 Å². The zero-order chi connectivity index (χ0) is 16.0. The van der Waals surface area contributed by atoms with Crippen LogP contribution >= 0.6 is 0 Å². The van der Waals surface area contributed by atoms with E-state index in [4.69, 9.17) is 9.47 Å². The molecule has 0 aliphatic heterocycles. The third-order valence-corrected chi connectivity index (χ3v) is 4.35. The van der Waals surface area contributed by atoms with Gasteiger partial charge in [-0.3, -0.25) is 0 Å². The molecule has 0 fully saturated rings. The summed E-state index contributed by atoms with van der Waals surface area (Å²) in [4.78, 5) is 12.7. The molecule has 0 saturated carbocycles. The van der Waals surface area contributed by atoms with Crippen molar-refractivity contribution in [3.05, 3.63) is 29.3 Å². The average Bonchev–Trinajstić information content (AvgIpc) is 2.51. The van der Waals surface area contributed by atoms with Gasteiger partial charge in [-0.25, -0.2) is 4.79 Å². The molecule has 0 heterocycles. The van der Waals surface area contributed by atoms with E-state index in [2.05, 4.69) is 34.6 Å². The third kappa shape index (κ3) is 3.78. The summed E-state index contributed by atoms with van der Waals surface area (Å²) >= 11 is 0. The number of hydrogen-bond acceptors (Lipinski definition) is 3. The van der Waals surface area contributed by atoms with Crippen molar-refractivity contribution < 1.29 is 14.3 Å². The number of methoxy groups -OCH3 is 1. The number of rotatable bonds is 7. The summed E-state index contributed by atoms with van der Waals surface area (Å²) in [6.45, 7) is 10.3. The van der Waals surface area contributed by atoms with Crippen molar-refractivity contribution in [2.24, 2.45) is 0 Å². The Morgan fingerprint density at radius 1 is 1.14 bits per heavy atom. The average molecular weight is 292 g/mol. The Balaban J connectivity index is 3.23. The molecule has 0 N–H and O–H groups in total. The molecule has 3 heteroatoms. The first-order valence-corrected chi connectivity index (χ1v) is 7.84. The van der Waals surface area contributed by atoms with Gasteiger partial charge in [-0.15, -0.1) is 0 Å². The first kappa shape index (κ1) is 17.5. The van der Waals surface area contributed by atoms with Crippen LogP contribution in [0.15, 0.2) is 18.2 Å². The molecule has 21 heavy (non-hydrogen) atoms. The van der Waals surface area contributed by atoms with E-state index in [-0.39, 0.29) is 17.5 Å². The number of esters is 1. The Morgan fingerprint density at radius 2 is 1.71 bits per heavy atom. The zero-order valence-electron chi connectivity index (χ0n) is 14.2. The second-order valence-corrected chi connectivity index (χ2v) is 5.71. The van der Waals surface area contributed by atoms with E-state index in [1.165, 1.54) is 0 Å². The minimum atomic E-state index is -0.383. The fourth-order valence-corrected chi connectivity index (χ4v) is 2.63. The van der Waals surface area contributed by atoms with Gasteiger partial charge in [-0.2, -0.15) is 0 Å². The quantitative estimate of drug-likeness (QED) is 0.667. The van der Waals surface area contributed by atoms with Gasteiger partial charge in [0.15, 0.2) is 0 Å². The molecular formula is C18H28O3. The minimum Gasteiger partial charge on any atom is -0.496 e. The Morgan fingerprint density at radius 3 is 2.14 bits per heavy atom. The summed E-state index contributed by atoms with van der Waals surface area (Å²) < 4.78 is 11.3. The van der Waals surface area contributed by atoms with Crippen molar-refractivity contribution in [1.82, 2.24) is 0 Å². The minimum absolute atomic E-state index is 0.238. The molecule has 0 saturated heterocycles. The molecule has 3 nitrogen and oxygen atoms in total. The van der Waals surface area contributed by atoms with Crippen LogP contribution in [0.25, 0.3) is 0 Å². The Hall–Kier alpha value is -1.51. The van der Waals surface area contributed by atoms with Crippen LogP contribution in [-0.4, -0.2) is 18.7 Å². The summed E-state index contributed by atoms with van der Waals surface area (Å²) in [6, 6.07) is 5.70. The van der Waals surface area contributed by atoms with Crippen LogP contribution in [-0.2, 0) is 4.74 Å². The van der Waals surface area contributed by atoms with Crippen LogP contribution in [0.1, 0.15) is 75.7 Å². The normalized spacial score (nSPS) is 11.6. The standard InChI is InChI=1S/C18H28O3/c1-7-18(8-2,9-3)21-17(19)16-14(13(4)5)11-10-12-15(16)20-6/h10-13H,7-9H2,1-6H3. The number of hydrogen-bond donors (Lipinski definition) is 0. The largest absolute Gasteiger partial charge is 0.496 e. The van der Waals surface area contributed by atoms with E-state index in [0.29, 0.717) is 11.3 Å². The third-order valence-electron chi connectivity index (χ3n) is 4.35. The van der Waals surface area contributed by atoms with Gasteiger partial charge in [0.2, 0.25) is 0 Å². The molecule has 0 atom stereocenters. The second-order valence-electron chi connectivity index (χ2n) is 5.71. The predicted octanol–water partition coefficient (Wildman–Crippen LogP) is 4.94. The lowest BCUT2D eigenvalue weighted by Gasteiger charge is -2.31. The fourth-order valence-electron chi connectivity index (χ4n) is 2.63. The maximum atomic E-state index is 12.7. The smallest absolute Gasteiger partial charge is 0.342 e. The summed E-state index contributed by atoms with van der Waals surface area (Å²) in [5.41, 5.74) is 1.15. The van der Waals surface area contributed by atoms with Gasteiger partial charge in [0, 0.05) is 0 Å². The molecule has 0 unspecified atom stereocenters. The van der Waals surface area contributed by atoms with E-state index in [1.54, 1.807) is 7.11 Å². The van der Waals surface area contributed by atoms with E-state index in [0.717, 1.165) is 24.8 Å². The fraction of sp³-hybridized carbons (Fsp3) is 0.611. The Labute approximate surface area is 128 Å². The summed E-state index contributed by atoms with van der Waals surface area (Å²) in [6.07, 6.45) is 2.45. The van der Waals surface area contributed by atoms with E-state index in [9.17, 15) is 4.79 Å². The van der Waals surface area contributed by atoms with Gasteiger partial charge >= 0.3 is 5.97 Å². The highest BCUT2D eigenvalue weighted by molar-refractivity contribution is 5.94. The summed E-state index contributed by atoms with van der Waals surface area (Å²) in [7, 11) is 1.59. The highest BCUT2D eigenvalue weighted by Gasteiger charge is 2.31. The van der Waals surface area contributed by atoms with Gasteiger partial charge in [0.25, 0.3) is 0 Å². The second kappa shape index (κ2) is 7.48. The van der Waals surface area contributed by atoms with Gasteiger partial charge in [0.05, 0.1) is 7.11 Å². The molecule has 0 bridgehead atoms. The maximum Gasteiger partial charge on any atom is 0.342 e. The number of benzene rings is 1. The number of carbonyl (C=O) groups is 1. The molecule has 1 rings (SSSR count). The number of ether oxygens (including phenoxy) is 2. The van der Waals surface area contributed by atoms with E-state index >= 15 is 0 Å². The molecule has 0 aliphatic carbocycles. The van der Waals surface area contributed by atoms with Crippen LogP contribution in [0.2, 0.25) is 0 Å². The lowest BCUT2D eigenvalue weighted by molar-refractivity contribution is -0.0253. The van der Waals surface area contributed by atoms with E-state index in [1.807, 2.05) is 18.2 Å². The highest BCUT2D eigenvalue weighted by atomic mass is 16.6. The van der Waals surface area contributed by atoms with Gasteiger partial charge in [0.1, 0.15) is 16.9 Å². The maximum absolute atomic E-state index is 12.7. The Bertz CT molecular complexity index is 465. The van der Waals surface area contributed by atoms with Crippen LogP contribution < -0.4 is 4.74 Å². The molecule has 1 aromatic rings. The van der Waals surface area contributed by atoms with Crippen LogP contribution in [0.5, 0.6) is 5.75 Å². The van der Waals surface area contributed by atoms with Crippen molar-refractivity contribution in [1.29, 1.82) is 0 Å². The lowest BCUT2D eigenvalue weighted by Crippen LogP contribution is -2.33. The van der Waals surface area contributed by atoms with Crippen molar-refractivity contribution >= 4 is 5.97 Å². The van der Waals surface area contributed by atoms with Crippen molar-refractivity contribution in [2.45, 2.75) is 65.4 Å². The first-order valence-electron chi connectivity index (χ1n) is 7.84. The molecule has 0 aromatic heterocycles. The number of carbonyl (C=O) groups excluding carboxylic acids is 1. The van der Waals surface area contributed by atoms with Crippen molar-refractivity contribution in [3.63, 3.8) is 0 Å². The van der Waals surface area contributed by atoms with Crippen LogP contribution in [0.4, 0.5) is 0 Å². The van der Waals surface area contributed by atoms with Crippen LogP contribution in [0, 0.1) is 0 Å². The van der Waals surface area contributed by atoms with Gasteiger partial charge in [-0.1, -0.05) is 46.8 Å². The molecule has 0 aliphatic rings. The summed E-state index contributed by atoms with van der Waals surface area (Å²) in [5, 5.41) is 0. The molecule has 0 amide bonds. The van der Waals surface area contributed by atoms with Gasteiger partial charge < -0.3 is 9.47 Å². The van der Waals surface area contributed by atoms with Crippen LogP contribution in [0.3, 0.4) is 0 Å². The molecular weight excluding hydrogens is 264 g/mol. The van der Waals surface area contributed by atoms with Crippen molar-refractivity contribution in [3.8, 4) is 5.75 Å². The highest BCUT2D eigenvalue weighted by Crippen LogP contribution is 2.32. The molecule has 0 spiro atoms. The summed E-state index contributed by atoms with van der Waals surface area (Å²) in [5.74, 6) is 0.548. The first-order chi connectivity index (χ1) is 9.94. The van der Waals surface area contributed by atoms with E-state index < -0.39 is 0 Å². The van der Waals surface area contributed by atoms with Gasteiger partial charge in [-0.05, 0) is 36.8 Å². The molecule has 118 valence electrons. The topological polar surface area (TPSA) is 35.5 Å². The predicted molar refractivity (Wildman–Crippen MR) is 86.1 cm³/mol. The molecule has 1 aromatic carbocycles. The zero-order valence-corrected chi connectivity index (χ0v) is 14.2. The SMILES string of the molecule is CCC(CC)(CC)OC(=O)c1c(OC)cccc1C(C)C. The lowest BCUT2D eigenvalue weighted by atomic mass is 9.93.